The van der Waals surface area contributed by atoms with Crippen molar-refractivity contribution < 1.29 is 19.1 Å². The third-order valence-corrected chi connectivity index (χ3v) is 5.33. The number of carbonyl (C=O) groups excluding carboxylic acids is 2. The van der Waals surface area contributed by atoms with Crippen molar-refractivity contribution in [2.24, 2.45) is 5.92 Å². The second-order valence-electron chi connectivity index (χ2n) is 7.27. The van der Waals surface area contributed by atoms with Gasteiger partial charge in [-0.1, -0.05) is 0 Å². The average molecular weight is 399 g/mol. The molecule has 29 heavy (non-hydrogen) atoms. The van der Waals surface area contributed by atoms with Crippen LogP contribution in [0.25, 0.3) is 0 Å². The second-order valence-corrected chi connectivity index (χ2v) is 7.27. The van der Waals surface area contributed by atoms with Gasteiger partial charge in [0, 0.05) is 31.3 Å². The van der Waals surface area contributed by atoms with E-state index in [4.69, 9.17) is 9.47 Å². The number of aromatic nitrogens is 3. The van der Waals surface area contributed by atoms with E-state index in [1.54, 1.807) is 23.1 Å². The maximum atomic E-state index is 13.0. The quantitative estimate of drug-likeness (QED) is 0.816. The molecule has 0 bridgehead atoms. The number of anilines is 1. The molecule has 0 saturated heterocycles. The Kier molecular flexibility index (Phi) is 5.37. The minimum atomic E-state index is -0.242. The van der Waals surface area contributed by atoms with Crippen molar-refractivity contribution in [3.8, 4) is 11.5 Å². The molecular formula is C20H25N5O4. The van der Waals surface area contributed by atoms with Crippen molar-refractivity contribution in [3.63, 3.8) is 0 Å². The summed E-state index contributed by atoms with van der Waals surface area (Å²) in [5.74, 6) is 2.60. The number of rotatable bonds is 5. The zero-order valence-electron chi connectivity index (χ0n) is 16.7. The molecule has 0 spiro atoms. The van der Waals surface area contributed by atoms with Gasteiger partial charge < -0.3 is 24.3 Å². The van der Waals surface area contributed by atoms with E-state index in [2.05, 4.69) is 15.5 Å². The molecule has 4 rings (SSSR count). The molecular weight excluding hydrogens is 374 g/mol. The van der Waals surface area contributed by atoms with Crippen molar-refractivity contribution in [2.75, 3.05) is 31.6 Å². The molecule has 2 aliphatic rings. The van der Waals surface area contributed by atoms with E-state index in [0.717, 1.165) is 24.5 Å². The lowest BCUT2D eigenvalue weighted by Gasteiger charge is -2.29. The maximum absolute atomic E-state index is 13.0. The Balaban J connectivity index is 1.37. The van der Waals surface area contributed by atoms with Crippen LogP contribution in [-0.2, 0) is 22.6 Å². The molecule has 2 aliphatic heterocycles. The van der Waals surface area contributed by atoms with Crippen LogP contribution in [0.3, 0.4) is 0 Å². The van der Waals surface area contributed by atoms with Gasteiger partial charge in [-0.2, -0.15) is 0 Å². The van der Waals surface area contributed by atoms with Gasteiger partial charge >= 0.3 is 0 Å². The van der Waals surface area contributed by atoms with Gasteiger partial charge in [-0.3, -0.25) is 9.59 Å². The highest BCUT2D eigenvalue weighted by Gasteiger charge is 2.30. The van der Waals surface area contributed by atoms with Gasteiger partial charge in [0.25, 0.3) is 0 Å². The van der Waals surface area contributed by atoms with E-state index < -0.39 is 0 Å². The fourth-order valence-corrected chi connectivity index (χ4v) is 3.76. The van der Waals surface area contributed by atoms with E-state index in [0.29, 0.717) is 43.5 Å². The van der Waals surface area contributed by atoms with Gasteiger partial charge in [-0.15, -0.1) is 10.2 Å². The lowest BCUT2D eigenvalue weighted by Crippen LogP contribution is -2.43. The molecule has 2 aromatic rings. The molecule has 1 unspecified atom stereocenters. The van der Waals surface area contributed by atoms with Crippen molar-refractivity contribution in [2.45, 2.75) is 33.2 Å². The number of ether oxygens (including phenoxy) is 2. The Morgan fingerprint density at radius 3 is 2.83 bits per heavy atom. The van der Waals surface area contributed by atoms with Crippen LogP contribution in [-0.4, -0.2) is 57.8 Å². The Morgan fingerprint density at radius 2 is 2.03 bits per heavy atom. The summed E-state index contributed by atoms with van der Waals surface area (Å²) in [6.45, 7) is 5.82. The molecule has 0 fully saturated rings. The first-order chi connectivity index (χ1) is 14.0. The molecule has 1 N–H and O–H groups in total. The predicted octanol–water partition coefficient (Wildman–Crippen LogP) is 1.41. The van der Waals surface area contributed by atoms with Gasteiger partial charge in [-0.25, -0.2) is 0 Å². The van der Waals surface area contributed by atoms with Crippen molar-refractivity contribution in [3.05, 3.63) is 29.8 Å². The summed E-state index contributed by atoms with van der Waals surface area (Å²) in [6, 6.07) is 5.27. The van der Waals surface area contributed by atoms with Crippen molar-refractivity contribution in [1.82, 2.24) is 19.7 Å². The summed E-state index contributed by atoms with van der Waals surface area (Å²) in [5, 5.41) is 11.1. The first kappa shape index (κ1) is 19.2. The zero-order chi connectivity index (χ0) is 20.4. The summed E-state index contributed by atoms with van der Waals surface area (Å²) in [5.41, 5.74) is 0.616. The minimum Gasteiger partial charge on any atom is -0.486 e. The molecule has 0 radical (unpaired) electrons. The Hall–Kier alpha value is -3.10. The molecule has 1 atom stereocenters. The number of benzene rings is 1. The Morgan fingerprint density at radius 1 is 1.24 bits per heavy atom. The molecule has 1 aromatic carbocycles. The van der Waals surface area contributed by atoms with Crippen LogP contribution >= 0.6 is 0 Å². The number of fused-ring (bicyclic) bond motifs is 2. The van der Waals surface area contributed by atoms with E-state index in [-0.39, 0.29) is 24.3 Å². The number of likely N-dealkylation sites (N-methyl/N-ethyl adjacent to an activating group) is 1. The van der Waals surface area contributed by atoms with Crippen LogP contribution in [0.2, 0.25) is 0 Å². The van der Waals surface area contributed by atoms with Crippen LogP contribution < -0.4 is 14.8 Å². The average Bonchev–Trinajstić information content (AvgIpc) is 3.11. The third-order valence-electron chi connectivity index (χ3n) is 5.33. The number of nitrogens with one attached hydrogen (secondary N) is 1. The van der Waals surface area contributed by atoms with Crippen LogP contribution in [0, 0.1) is 12.8 Å². The lowest BCUT2D eigenvalue weighted by molar-refractivity contribution is -0.139. The van der Waals surface area contributed by atoms with Crippen LogP contribution in [0.4, 0.5) is 5.69 Å². The predicted molar refractivity (Wildman–Crippen MR) is 105 cm³/mol. The third kappa shape index (κ3) is 4.03. The highest BCUT2D eigenvalue weighted by atomic mass is 16.6. The second kappa shape index (κ2) is 8.10. The normalized spacial score (nSPS) is 17.4. The van der Waals surface area contributed by atoms with Crippen LogP contribution in [0.5, 0.6) is 11.5 Å². The highest BCUT2D eigenvalue weighted by molar-refractivity contribution is 5.95. The summed E-state index contributed by atoms with van der Waals surface area (Å²) in [7, 11) is 0. The number of carbonyl (C=O) groups is 2. The van der Waals surface area contributed by atoms with Crippen molar-refractivity contribution in [1.29, 1.82) is 0 Å². The summed E-state index contributed by atoms with van der Waals surface area (Å²) < 4.78 is 13.0. The van der Waals surface area contributed by atoms with Gasteiger partial charge in [-0.05, 0) is 32.4 Å². The SMILES string of the molecule is CCN(CC(=O)Nc1ccc2c(c1)OCCO2)C(=O)C1CCc2nnc(C)n2C1. The van der Waals surface area contributed by atoms with Gasteiger partial charge in [0.05, 0.1) is 12.5 Å². The number of nitrogens with zero attached hydrogens (tertiary/aromatic N) is 4. The smallest absolute Gasteiger partial charge is 0.243 e. The number of hydrogen-bond donors (Lipinski definition) is 1. The molecule has 3 heterocycles. The largest absolute Gasteiger partial charge is 0.486 e. The van der Waals surface area contributed by atoms with E-state index in [1.165, 1.54) is 0 Å². The number of aryl methyl sites for hydroxylation is 2. The van der Waals surface area contributed by atoms with Crippen molar-refractivity contribution >= 4 is 17.5 Å². The van der Waals surface area contributed by atoms with E-state index in [1.807, 2.05) is 18.4 Å². The van der Waals surface area contributed by atoms with E-state index in [9.17, 15) is 9.59 Å². The highest BCUT2D eigenvalue weighted by Crippen LogP contribution is 2.32. The minimum absolute atomic E-state index is 0.00823. The van der Waals surface area contributed by atoms with Gasteiger partial charge in [0.1, 0.15) is 24.9 Å². The molecule has 1 aromatic heterocycles. The summed E-state index contributed by atoms with van der Waals surface area (Å²) in [4.78, 5) is 27.2. The molecule has 9 heteroatoms. The summed E-state index contributed by atoms with van der Waals surface area (Å²) >= 11 is 0. The van der Waals surface area contributed by atoms with Crippen LogP contribution in [0.1, 0.15) is 25.0 Å². The van der Waals surface area contributed by atoms with Crippen LogP contribution in [0.15, 0.2) is 18.2 Å². The topological polar surface area (TPSA) is 98.6 Å². The lowest BCUT2D eigenvalue weighted by atomic mass is 9.97. The molecule has 0 saturated carbocycles. The Bertz CT molecular complexity index is 926. The standard InChI is InChI=1S/C20H25N5O4/c1-3-24(20(27)14-4-7-18-23-22-13(2)25(18)11-14)12-19(26)21-15-5-6-16-17(10-15)29-9-8-28-16/h5-6,10,14H,3-4,7-9,11-12H2,1-2H3,(H,21,26). The first-order valence-electron chi connectivity index (χ1n) is 9.92. The Labute approximate surface area is 169 Å². The van der Waals surface area contributed by atoms with Gasteiger partial charge in [0.15, 0.2) is 11.5 Å². The molecule has 9 nitrogen and oxygen atoms in total. The monoisotopic (exact) mass is 399 g/mol. The molecule has 154 valence electrons. The number of hydrogen-bond acceptors (Lipinski definition) is 6. The fourth-order valence-electron chi connectivity index (χ4n) is 3.76. The summed E-state index contributed by atoms with van der Waals surface area (Å²) in [6.07, 6.45) is 1.44. The fraction of sp³-hybridized carbons (Fsp3) is 0.500. The zero-order valence-corrected chi connectivity index (χ0v) is 16.7. The van der Waals surface area contributed by atoms with E-state index >= 15 is 0 Å². The maximum Gasteiger partial charge on any atom is 0.243 e. The number of amides is 2. The molecule has 0 aliphatic carbocycles. The first-order valence-corrected chi connectivity index (χ1v) is 9.92. The van der Waals surface area contributed by atoms with Gasteiger partial charge in [0.2, 0.25) is 11.8 Å². The molecule has 2 amide bonds.